The molecule has 0 bridgehead atoms. The summed E-state index contributed by atoms with van der Waals surface area (Å²) < 4.78 is 11.1. The number of amides is 2. The average Bonchev–Trinajstić information content (AvgIpc) is 3.19. The van der Waals surface area contributed by atoms with Crippen molar-refractivity contribution in [1.82, 2.24) is 24.8 Å². The molecule has 9 nitrogen and oxygen atoms in total. The first-order chi connectivity index (χ1) is 15.2. The third-order valence-electron chi connectivity index (χ3n) is 5.90. The van der Waals surface area contributed by atoms with Gasteiger partial charge in [-0.1, -0.05) is 5.16 Å². The number of hydrogen-bond acceptors (Lipinski definition) is 7. The van der Waals surface area contributed by atoms with Gasteiger partial charge in [0.1, 0.15) is 11.5 Å². The van der Waals surface area contributed by atoms with E-state index in [1.54, 1.807) is 19.0 Å². The molecule has 4 heterocycles. The first kappa shape index (κ1) is 22.0. The van der Waals surface area contributed by atoms with Crippen LogP contribution in [0.3, 0.4) is 0 Å². The standard InChI is InChI=1S/C23H29N5O4/c1-14-11-17(16(3)31-14)19-12-18(21-15(2)25-32-22(21)24-19)23(30)28-8-6-7-27(9-10-28)13-20(29)26(4)5/h11-12H,6-10,13H2,1-5H3. The van der Waals surface area contributed by atoms with Crippen LogP contribution in [-0.4, -0.2) is 83.5 Å². The van der Waals surface area contributed by atoms with Gasteiger partial charge in [-0.15, -0.1) is 0 Å². The van der Waals surface area contributed by atoms with Gasteiger partial charge in [0, 0.05) is 45.8 Å². The second kappa shape index (κ2) is 8.74. The zero-order chi connectivity index (χ0) is 23.0. The summed E-state index contributed by atoms with van der Waals surface area (Å²) in [5.41, 5.74) is 2.96. The molecule has 1 aliphatic rings. The van der Waals surface area contributed by atoms with E-state index in [-0.39, 0.29) is 11.8 Å². The van der Waals surface area contributed by atoms with Gasteiger partial charge in [-0.3, -0.25) is 14.5 Å². The van der Waals surface area contributed by atoms with E-state index in [9.17, 15) is 9.59 Å². The van der Waals surface area contributed by atoms with Crippen molar-refractivity contribution < 1.29 is 18.5 Å². The van der Waals surface area contributed by atoms with Crippen LogP contribution >= 0.6 is 0 Å². The summed E-state index contributed by atoms with van der Waals surface area (Å²) in [7, 11) is 3.51. The monoisotopic (exact) mass is 439 g/mol. The summed E-state index contributed by atoms with van der Waals surface area (Å²) >= 11 is 0. The Morgan fingerprint density at radius 2 is 1.88 bits per heavy atom. The zero-order valence-electron chi connectivity index (χ0n) is 19.3. The molecule has 3 aromatic heterocycles. The predicted octanol–water partition coefficient (Wildman–Crippen LogP) is 2.64. The van der Waals surface area contributed by atoms with Crippen molar-refractivity contribution in [3.05, 3.63) is 34.9 Å². The summed E-state index contributed by atoms with van der Waals surface area (Å²) in [6, 6.07) is 3.72. The third kappa shape index (κ3) is 4.25. The molecule has 4 rings (SSSR count). The van der Waals surface area contributed by atoms with Crippen LogP contribution in [0.1, 0.15) is 34.0 Å². The van der Waals surface area contributed by atoms with Crippen LogP contribution in [0.4, 0.5) is 0 Å². The van der Waals surface area contributed by atoms with Gasteiger partial charge in [-0.2, -0.15) is 0 Å². The molecule has 1 aliphatic heterocycles. The lowest BCUT2D eigenvalue weighted by Gasteiger charge is -2.23. The van der Waals surface area contributed by atoms with Gasteiger partial charge in [0.05, 0.1) is 28.9 Å². The normalized spacial score (nSPS) is 15.2. The maximum atomic E-state index is 13.6. The molecule has 0 N–H and O–H groups in total. The fraction of sp³-hybridized carbons (Fsp3) is 0.478. The Labute approximate surface area is 186 Å². The molecule has 1 saturated heterocycles. The topological polar surface area (TPSA) is 95.9 Å². The second-order valence-corrected chi connectivity index (χ2v) is 8.54. The highest BCUT2D eigenvalue weighted by Crippen LogP contribution is 2.31. The molecular formula is C23H29N5O4. The minimum absolute atomic E-state index is 0.0659. The predicted molar refractivity (Wildman–Crippen MR) is 119 cm³/mol. The molecule has 0 spiro atoms. The Morgan fingerprint density at radius 1 is 1.09 bits per heavy atom. The minimum Gasteiger partial charge on any atom is -0.466 e. The van der Waals surface area contributed by atoms with E-state index >= 15 is 0 Å². The Hall–Kier alpha value is -3.20. The highest BCUT2D eigenvalue weighted by atomic mass is 16.5. The minimum atomic E-state index is -0.0800. The molecule has 0 aliphatic carbocycles. The van der Waals surface area contributed by atoms with Crippen LogP contribution < -0.4 is 0 Å². The van der Waals surface area contributed by atoms with Crippen LogP contribution in [0.25, 0.3) is 22.4 Å². The molecule has 3 aromatic rings. The smallest absolute Gasteiger partial charge is 0.259 e. The summed E-state index contributed by atoms with van der Waals surface area (Å²) in [6.07, 6.45) is 0.802. The number of hydrogen-bond donors (Lipinski definition) is 0. The van der Waals surface area contributed by atoms with Crippen molar-refractivity contribution in [2.45, 2.75) is 27.2 Å². The van der Waals surface area contributed by atoms with Gasteiger partial charge >= 0.3 is 0 Å². The van der Waals surface area contributed by atoms with Crippen molar-refractivity contribution in [2.24, 2.45) is 0 Å². The highest BCUT2D eigenvalue weighted by Gasteiger charge is 2.26. The number of nitrogens with zero attached hydrogens (tertiary/aromatic N) is 5. The van der Waals surface area contributed by atoms with Crippen LogP contribution in [0.2, 0.25) is 0 Å². The lowest BCUT2D eigenvalue weighted by molar-refractivity contribution is -0.129. The van der Waals surface area contributed by atoms with Gasteiger partial charge in [0.15, 0.2) is 0 Å². The summed E-state index contributed by atoms with van der Waals surface area (Å²) in [4.78, 5) is 35.9. The van der Waals surface area contributed by atoms with Crippen molar-refractivity contribution in [3.8, 4) is 11.3 Å². The fourth-order valence-electron chi connectivity index (χ4n) is 4.12. The van der Waals surface area contributed by atoms with E-state index in [4.69, 9.17) is 8.94 Å². The van der Waals surface area contributed by atoms with Gasteiger partial charge < -0.3 is 18.7 Å². The van der Waals surface area contributed by atoms with E-state index in [0.717, 1.165) is 30.0 Å². The van der Waals surface area contributed by atoms with E-state index in [2.05, 4.69) is 15.0 Å². The van der Waals surface area contributed by atoms with E-state index < -0.39 is 0 Å². The molecule has 32 heavy (non-hydrogen) atoms. The number of carbonyl (C=O) groups excluding carboxylic acids is 2. The lowest BCUT2D eigenvalue weighted by atomic mass is 10.0. The van der Waals surface area contributed by atoms with Crippen molar-refractivity contribution in [3.63, 3.8) is 0 Å². The maximum Gasteiger partial charge on any atom is 0.259 e. The van der Waals surface area contributed by atoms with Crippen LogP contribution in [-0.2, 0) is 4.79 Å². The van der Waals surface area contributed by atoms with Crippen molar-refractivity contribution >= 4 is 22.9 Å². The zero-order valence-corrected chi connectivity index (χ0v) is 19.3. The Morgan fingerprint density at radius 3 is 2.56 bits per heavy atom. The molecular weight excluding hydrogens is 410 g/mol. The number of fused-ring (bicyclic) bond motifs is 1. The number of likely N-dealkylation sites (N-methyl/N-ethyl adjacent to an activating group) is 1. The highest BCUT2D eigenvalue weighted by molar-refractivity contribution is 6.07. The first-order valence-corrected chi connectivity index (χ1v) is 10.8. The average molecular weight is 440 g/mol. The maximum absolute atomic E-state index is 13.6. The second-order valence-electron chi connectivity index (χ2n) is 8.54. The van der Waals surface area contributed by atoms with Gasteiger partial charge in [0.25, 0.3) is 11.6 Å². The SMILES string of the molecule is Cc1cc(-c2cc(C(=O)N3CCCN(CC(=O)N(C)C)CC3)c3c(C)noc3n2)c(C)o1. The molecule has 0 saturated carbocycles. The number of carbonyl (C=O) groups is 2. The quantitative estimate of drug-likeness (QED) is 0.617. The Bertz CT molecular complexity index is 1160. The number of pyridine rings is 1. The largest absolute Gasteiger partial charge is 0.466 e. The molecule has 1 fully saturated rings. The van der Waals surface area contributed by atoms with Crippen LogP contribution in [0.5, 0.6) is 0 Å². The Kier molecular flexibility index (Phi) is 6.01. The van der Waals surface area contributed by atoms with Gasteiger partial charge in [-0.05, 0) is 39.3 Å². The van der Waals surface area contributed by atoms with Crippen molar-refractivity contribution in [1.29, 1.82) is 0 Å². The molecule has 0 radical (unpaired) electrons. The van der Waals surface area contributed by atoms with Crippen LogP contribution in [0.15, 0.2) is 21.1 Å². The summed E-state index contributed by atoms with van der Waals surface area (Å²) in [6.45, 7) is 8.53. The molecule has 0 atom stereocenters. The number of aromatic nitrogens is 2. The van der Waals surface area contributed by atoms with Gasteiger partial charge in [0.2, 0.25) is 5.91 Å². The van der Waals surface area contributed by atoms with E-state index in [0.29, 0.717) is 54.2 Å². The molecule has 170 valence electrons. The van der Waals surface area contributed by atoms with E-state index in [1.807, 2.05) is 37.8 Å². The lowest BCUT2D eigenvalue weighted by Crippen LogP contribution is -2.39. The third-order valence-corrected chi connectivity index (χ3v) is 5.90. The Balaban J connectivity index is 1.64. The van der Waals surface area contributed by atoms with E-state index in [1.165, 1.54) is 0 Å². The molecule has 2 amide bonds. The van der Waals surface area contributed by atoms with Crippen molar-refractivity contribution in [2.75, 3.05) is 46.8 Å². The fourth-order valence-corrected chi connectivity index (χ4v) is 4.12. The summed E-state index contributed by atoms with van der Waals surface area (Å²) in [5.74, 6) is 1.50. The number of furan rings is 1. The molecule has 0 aromatic carbocycles. The number of aryl methyl sites for hydroxylation is 3. The van der Waals surface area contributed by atoms with Gasteiger partial charge in [-0.25, -0.2) is 4.98 Å². The molecule has 0 unspecified atom stereocenters. The number of rotatable bonds is 4. The molecule has 9 heteroatoms. The first-order valence-electron chi connectivity index (χ1n) is 10.8. The summed E-state index contributed by atoms with van der Waals surface area (Å²) in [5, 5.41) is 4.68. The van der Waals surface area contributed by atoms with Crippen LogP contribution in [0, 0.1) is 20.8 Å².